The minimum Gasteiger partial charge on any atom is -0.273 e. The van der Waals surface area contributed by atoms with E-state index in [9.17, 15) is 14.4 Å². The molecule has 1 aliphatic heterocycles. The van der Waals surface area contributed by atoms with Crippen molar-refractivity contribution in [1.29, 1.82) is 0 Å². The number of urea groups is 1. The van der Waals surface area contributed by atoms with E-state index in [1.165, 1.54) is 6.08 Å². The molecule has 0 atom stereocenters. The molecule has 0 aromatic heterocycles. The molecule has 2 aromatic carbocycles. The summed E-state index contributed by atoms with van der Waals surface area (Å²) >= 11 is 0. The minimum atomic E-state index is -0.734. The molecular formula is C20H18N2O3. The topological polar surface area (TPSA) is 66.5 Å². The fourth-order valence-electron chi connectivity index (χ4n) is 2.88. The van der Waals surface area contributed by atoms with Crippen molar-refractivity contribution in [3.8, 4) is 0 Å². The van der Waals surface area contributed by atoms with Gasteiger partial charge in [-0.2, -0.15) is 0 Å². The second kappa shape index (κ2) is 6.36. The van der Waals surface area contributed by atoms with Crippen molar-refractivity contribution < 1.29 is 14.4 Å². The number of barbiturate groups is 1. The molecular weight excluding hydrogens is 316 g/mol. The van der Waals surface area contributed by atoms with Crippen LogP contribution in [-0.4, -0.2) is 17.8 Å². The maximum absolute atomic E-state index is 12.9. The van der Waals surface area contributed by atoms with Crippen molar-refractivity contribution in [2.75, 3.05) is 4.90 Å². The quantitative estimate of drug-likeness (QED) is 0.677. The Morgan fingerprint density at radius 2 is 1.56 bits per heavy atom. The van der Waals surface area contributed by atoms with Crippen molar-refractivity contribution in [1.82, 2.24) is 5.32 Å². The van der Waals surface area contributed by atoms with Crippen LogP contribution in [0.1, 0.15) is 22.3 Å². The monoisotopic (exact) mass is 334 g/mol. The van der Waals surface area contributed by atoms with Gasteiger partial charge in [-0.3, -0.25) is 14.9 Å². The zero-order valence-corrected chi connectivity index (χ0v) is 14.3. The molecule has 1 aliphatic rings. The molecule has 1 heterocycles. The third-order valence-electron chi connectivity index (χ3n) is 4.05. The fourth-order valence-corrected chi connectivity index (χ4v) is 2.88. The van der Waals surface area contributed by atoms with Crippen LogP contribution in [0.3, 0.4) is 0 Å². The first-order valence-electron chi connectivity index (χ1n) is 7.92. The molecule has 5 nitrogen and oxygen atoms in total. The van der Waals surface area contributed by atoms with Gasteiger partial charge in [0, 0.05) is 0 Å². The van der Waals surface area contributed by atoms with Gasteiger partial charge >= 0.3 is 6.03 Å². The number of carbonyl (C=O) groups excluding carboxylic acids is 3. The first-order chi connectivity index (χ1) is 11.9. The first-order valence-corrected chi connectivity index (χ1v) is 7.92. The Morgan fingerprint density at radius 1 is 0.920 bits per heavy atom. The maximum Gasteiger partial charge on any atom is 0.335 e. The van der Waals surface area contributed by atoms with Gasteiger partial charge in [0.1, 0.15) is 5.57 Å². The molecule has 0 bridgehead atoms. The van der Waals surface area contributed by atoms with E-state index in [1.54, 1.807) is 12.1 Å². The van der Waals surface area contributed by atoms with Gasteiger partial charge < -0.3 is 0 Å². The predicted octanol–water partition coefficient (Wildman–Crippen LogP) is 3.28. The van der Waals surface area contributed by atoms with Gasteiger partial charge in [0.25, 0.3) is 11.8 Å². The van der Waals surface area contributed by atoms with Crippen LogP contribution in [0.5, 0.6) is 0 Å². The lowest BCUT2D eigenvalue weighted by Gasteiger charge is -2.27. The van der Waals surface area contributed by atoms with Crippen molar-refractivity contribution in [2.45, 2.75) is 20.8 Å². The van der Waals surface area contributed by atoms with Gasteiger partial charge in [-0.1, -0.05) is 30.3 Å². The number of imide groups is 2. The normalized spacial score (nSPS) is 16.4. The third kappa shape index (κ3) is 3.21. The number of benzene rings is 2. The number of nitrogens with one attached hydrogen (secondary N) is 1. The molecule has 3 rings (SSSR count). The minimum absolute atomic E-state index is 0.0620. The largest absolute Gasteiger partial charge is 0.335 e. The van der Waals surface area contributed by atoms with Crippen molar-refractivity contribution in [2.24, 2.45) is 0 Å². The number of amides is 4. The highest BCUT2D eigenvalue weighted by molar-refractivity contribution is 6.39. The van der Waals surface area contributed by atoms with Gasteiger partial charge in [-0.05, 0) is 61.2 Å². The second-order valence-electron chi connectivity index (χ2n) is 6.16. The fraction of sp³-hybridized carbons (Fsp3) is 0.150. The zero-order valence-electron chi connectivity index (χ0n) is 14.3. The summed E-state index contributed by atoms with van der Waals surface area (Å²) in [5.41, 5.74) is 3.94. The number of aryl methyl sites for hydroxylation is 3. The molecule has 2 aromatic rings. The Bertz CT molecular complexity index is 908. The van der Waals surface area contributed by atoms with Crippen LogP contribution < -0.4 is 10.2 Å². The van der Waals surface area contributed by atoms with Gasteiger partial charge in [0.15, 0.2) is 0 Å². The highest BCUT2D eigenvalue weighted by Crippen LogP contribution is 2.24. The van der Waals surface area contributed by atoms with Crippen LogP contribution in [0.2, 0.25) is 0 Å². The molecule has 0 saturated carbocycles. The highest BCUT2D eigenvalue weighted by Gasteiger charge is 2.36. The van der Waals surface area contributed by atoms with Gasteiger partial charge in [-0.25, -0.2) is 9.69 Å². The average molecular weight is 334 g/mol. The number of anilines is 1. The molecule has 0 spiro atoms. The van der Waals surface area contributed by atoms with Crippen molar-refractivity contribution in [3.63, 3.8) is 0 Å². The molecule has 0 unspecified atom stereocenters. The molecule has 1 saturated heterocycles. The highest BCUT2D eigenvalue weighted by atomic mass is 16.2. The summed E-state index contributed by atoms with van der Waals surface area (Å²) in [6.45, 7) is 5.67. The van der Waals surface area contributed by atoms with Crippen molar-refractivity contribution in [3.05, 3.63) is 70.3 Å². The summed E-state index contributed by atoms with van der Waals surface area (Å²) < 4.78 is 0. The Kier molecular flexibility index (Phi) is 4.23. The van der Waals surface area contributed by atoms with E-state index >= 15 is 0 Å². The van der Waals surface area contributed by atoms with Crippen LogP contribution in [0, 0.1) is 20.8 Å². The number of rotatable bonds is 2. The summed E-state index contributed by atoms with van der Waals surface area (Å²) in [4.78, 5) is 38.3. The molecule has 4 amide bonds. The first kappa shape index (κ1) is 16.6. The Labute approximate surface area is 146 Å². The number of carbonyl (C=O) groups is 3. The molecule has 0 aliphatic carbocycles. The predicted molar refractivity (Wildman–Crippen MR) is 96.1 cm³/mol. The summed E-state index contributed by atoms with van der Waals surface area (Å²) in [5, 5.41) is 2.25. The summed E-state index contributed by atoms with van der Waals surface area (Å²) in [7, 11) is 0. The Balaban J connectivity index is 2.07. The second-order valence-corrected chi connectivity index (χ2v) is 6.16. The molecule has 1 fully saturated rings. The smallest absolute Gasteiger partial charge is 0.273 e. The maximum atomic E-state index is 12.9. The Hall–Kier alpha value is -3.21. The third-order valence-corrected chi connectivity index (χ3v) is 4.05. The van der Waals surface area contributed by atoms with E-state index in [-0.39, 0.29) is 5.57 Å². The lowest BCUT2D eigenvalue weighted by atomic mass is 10.0. The standard InChI is InChI=1S/C20H18N2O3/c1-12-8-13(2)10-16(9-12)22-19(24)17(18(23)21-20(22)25)11-15-7-5-4-6-14(15)3/h4-11H,1-3H3,(H,21,23,25)/b17-11-. The van der Waals surface area contributed by atoms with E-state index in [0.29, 0.717) is 5.69 Å². The molecule has 5 heteroatoms. The average Bonchev–Trinajstić information content (AvgIpc) is 2.52. The van der Waals surface area contributed by atoms with Gasteiger partial charge in [-0.15, -0.1) is 0 Å². The van der Waals surface area contributed by atoms with Crippen LogP contribution in [-0.2, 0) is 9.59 Å². The summed E-state index contributed by atoms with van der Waals surface area (Å²) in [5.74, 6) is -1.30. The summed E-state index contributed by atoms with van der Waals surface area (Å²) in [6, 6.07) is 12.1. The lowest BCUT2D eigenvalue weighted by molar-refractivity contribution is -0.122. The van der Waals surface area contributed by atoms with Crippen LogP contribution in [0.4, 0.5) is 10.5 Å². The molecule has 126 valence electrons. The van der Waals surface area contributed by atoms with Crippen LogP contribution in [0.25, 0.3) is 6.08 Å². The van der Waals surface area contributed by atoms with E-state index < -0.39 is 17.8 Å². The molecule has 25 heavy (non-hydrogen) atoms. The van der Waals surface area contributed by atoms with Gasteiger partial charge in [0.05, 0.1) is 5.69 Å². The van der Waals surface area contributed by atoms with E-state index in [1.807, 2.05) is 51.1 Å². The molecule has 0 radical (unpaired) electrons. The van der Waals surface area contributed by atoms with Gasteiger partial charge in [0.2, 0.25) is 0 Å². The number of hydrogen-bond donors (Lipinski definition) is 1. The summed E-state index contributed by atoms with van der Waals surface area (Å²) in [6.07, 6.45) is 1.52. The van der Waals surface area contributed by atoms with E-state index in [0.717, 1.165) is 27.2 Å². The Morgan fingerprint density at radius 3 is 2.20 bits per heavy atom. The number of hydrogen-bond acceptors (Lipinski definition) is 3. The van der Waals surface area contributed by atoms with Crippen LogP contribution in [0.15, 0.2) is 48.0 Å². The van der Waals surface area contributed by atoms with Crippen molar-refractivity contribution >= 4 is 29.6 Å². The SMILES string of the molecule is Cc1cc(C)cc(N2C(=O)NC(=O)/C(=C/c3ccccc3C)C2=O)c1. The van der Waals surface area contributed by atoms with E-state index in [2.05, 4.69) is 5.32 Å². The van der Waals surface area contributed by atoms with Crippen LogP contribution >= 0.6 is 0 Å². The molecule has 1 N–H and O–H groups in total. The zero-order chi connectivity index (χ0) is 18.1. The lowest BCUT2D eigenvalue weighted by Crippen LogP contribution is -2.54. The number of nitrogens with zero attached hydrogens (tertiary/aromatic N) is 1. The van der Waals surface area contributed by atoms with E-state index in [4.69, 9.17) is 0 Å².